The molecule has 1 unspecified atom stereocenters. The van der Waals surface area contributed by atoms with E-state index in [1.807, 2.05) is 12.2 Å². The predicted molar refractivity (Wildman–Crippen MR) is 48.5 cm³/mol. The molecule has 0 saturated carbocycles. The smallest absolute Gasteiger partial charge is 0.104 e. The third-order valence-corrected chi connectivity index (χ3v) is 2.61. The number of rotatable bonds is 0. The van der Waals surface area contributed by atoms with Gasteiger partial charge in [0.2, 0.25) is 0 Å². The largest absolute Gasteiger partial charge is 0.497 e. The summed E-state index contributed by atoms with van der Waals surface area (Å²) in [4.78, 5) is 1.16. The van der Waals surface area contributed by atoms with E-state index in [0.717, 1.165) is 30.1 Å². The lowest BCUT2D eigenvalue weighted by Gasteiger charge is -2.27. The molecule has 1 nitrogen and oxygen atoms in total. The van der Waals surface area contributed by atoms with Crippen LogP contribution in [0.2, 0.25) is 0 Å². The fourth-order valence-electron chi connectivity index (χ4n) is 1.49. The summed E-state index contributed by atoms with van der Waals surface area (Å²) in [6, 6.07) is 0. The van der Waals surface area contributed by atoms with Crippen LogP contribution in [0.5, 0.6) is 0 Å². The molecule has 1 aliphatic carbocycles. The van der Waals surface area contributed by atoms with Gasteiger partial charge in [-0.3, -0.25) is 0 Å². The van der Waals surface area contributed by atoms with Crippen LogP contribution in [0.25, 0.3) is 0 Å². The van der Waals surface area contributed by atoms with Crippen LogP contribution in [-0.2, 0) is 4.74 Å². The molecule has 0 radical (unpaired) electrons. The Morgan fingerprint density at radius 1 is 1.55 bits per heavy atom. The van der Waals surface area contributed by atoms with Crippen molar-refractivity contribution in [2.24, 2.45) is 5.92 Å². The lowest BCUT2D eigenvalue weighted by molar-refractivity contribution is 0.182. The average Bonchev–Trinajstić information content (AvgIpc) is 2.06. The molecule has 2 aliphatic rings. The lowest BCUT2D eigenvalue weighted by atomic mass is 9.92. The molecule has 0 aromatic rings. The number of hydrogen-bond donors (Lipinski definition) is 0. The highest BCUT2D eigenvalue weighted by atomic mass is 32.1. The van der Waals surface area contributed by atoms with Crippen molar-refractivity contribution in [1.29, 1.82) is 0 Å². The normalized spacial score (nSPS) is 28.9. The van der Waals surface area contributed by atoms with Crippen molar-refractivity contribution in [2.45, 2.75) is 12.8 Å². The molecule has 0 bridgehead atoms. The Balaban J connectivity index is 2.24. The summed E-state index contributed by atoms with van der Waals surface area (Å²) in [5.41, 5.74) is 0. The molecular formula is C9H10OS. The lowest BCUT2D eigenvalue weighted by Crippen LogP contribution is -2.24. The van der Waals surface area contributed by atoms with Gasteiger partial charge in [0.15, 0.2) is 0 Å². The molecule has 1 saturated heterocycles. The molecule has 1 aliphatic heterocycles. The second kappa shape index (κ2) is 2.78. The average molecular weight is 166 g/mol. The molecule has 0 N–H and O–H groups in total. The highest BCUT2D eigenvalue weighted by molar-refractivity contribution is 7.80. The van der Waals surface area contributed by atoms with Gasteiger partial charge in [-0.2, -0.15) is 0 Å². The minimum Gasteiger partial charge on any atom is -0.497 e. The van der Waals surface area contributed by atoms with Gasteiger partial charge in [-0.15, -0.1) is 0 Å². The summed E-state index contributed by atoms with van der Waals surface area (Å²) in [6.07, 6.45) is 8.20. The SMILES string of the molecule is S=C1CCOC2=CC=CCC12. The fraction of sp³-hybridized carbons (Fsp3) is 0.444. The zero-order chi connectivity index (χ0) is 7.68. The highest BCUT2D eigenvalue weighted by Crippen LogP contribution is 2.28. The van der Waals surface area contributed by atoms with Crippen molar-refractivity contribution in [3.8, 4) is 0 Å². The predicted octanol–water partition coefficient (Wildman–Crippen LogP) is 2.24. The van der Waals surface area contributed by atoms with E-state index in [1.165, 1.54) is 0 Å². The zero-order valence-corrected chi connectivity index (χ0v) is 7.06. The van der Waals surface area contributed by atoms with Crippen LogP contribution in [0, 0.1) is 5.92 Å². The molecule has 58 valence electrons. The number of allylic oxidation sites excluding steroid dienone is 4. The Morgan fingerprint density at radius 3 is 3.27 bits per heavy atom. The van der Waals surface area contributed by atoms with Crippen molar-refractivity contribution in [3.05, 3.63) is 24.0 Å². The molecule has 0 aromatic carbocycles. The van der Waals surface area contributed by atoms with Gasteiger partial charge in [-0.1, -0.05) is 24.4 Å². The van der Waals surface area contributed by atoms with Gasteiger partial charge < -0.3 is 4.74 Å². The first-order chi connectivity index (χ1) is 5.38. The van der Waals surface area contributed by atoms with Crippen molar-refractivity contribution in [2.75, 3.05) is 6.61 Å². The maximum Gasteiger partial charge on any atom is 0.104 e. The van der Waals surface area contributed by atoms with Crippen LogP contribution in [-0.4, -0.2) is 11.5 Å². The Bertz CT molecular complexity index is 240. The van der Waals surface area contributed by atoms with Crippen LogP contribution < -0.4 is 0 Å². The van der Waals surface area contributed by atoms with Crippen molar-refractivity contribution >= 4 is 17.1 Å². The van der Waals surface area contributed by atoms with E-state index in [1.54, 1.807) is 0 Å². The summed E-state index contributed by atoms with van der Waals surface area (Å²) >= 11 is 5.25. The first-order valence-electron chi connectivity index (χ1n) is 3.90. The van der Waals surface area contributed by atoms with Gasteiger partial charge in [0.05, 0.1) is 12.5 Å². The van der Waals surface area contributed by atoms with Crippen LogP contribution >= 0.6 is 12.2 Å². The quantitative estimate of drug-likeness (QED) is 0.510. The van der Waals surface area contributed by atoms with Crippen LogP contribution in [0.4, 0.5) is 0 Å². The summed E-state index contributed by atoms with van der Waals surface area (Å²) in [6.45, 7) is 0.773. The third-order valence-electron chi connectivity index (χ3n) is 2.12. The van der Waals surface area contributed by atoms with Crippen molar-refractivity contribution < 1.29 is 4.74 Å². The van der Waals surface area contributed by atoms with Gasteiger partial charge in [-0.05, 0) is 12.5 Å². The molecule has 2 heteroatoms. The van der Waals surface area contributed by atoms with Crippen molar-refractivity contribution in [1.82, 2.24) is 0 Å². The number of fused-ring (bicyclic) bond motifs is 1. The van der Waals surface area contributed by atoms with Crippen LogP contribution in [0.1, 0.15) is 12.8 Å². The maximum absolute atomic E-state index is 5.47. The van der Waals surface area contributed by atoms with E-state index in [9.17, 15) is 0 Å². The van der Waals surface area contributed by atoms with E-state index < -0.39 is 0 Å². The van der Waals surface area contributed by atoms with E-state index >= 15 is 0 Å². The van der Waals surface area contributed by atoms with E-state index in [-0.39, 0.29) is 0 Å². The molecule has 1 fully saturated rings. The number of ether oxygens (including phenoxy) is 1. The molecule has 0 amide bonds. The fourth-order valence-corrected chi connectivity index (χ4v) is 1.79. The molecule has 11 heavy (non-hydrogen) atoms. The van der Waals surface area contributed by atoms with Gasteiger partial charge in [-0.25, -0.2) is 0 Å². The summed E-state index contributed by atoms with van der Waals surface area (Å²) in [7, 11) is 0. The third kappa shape index (κ3) is 1.23. The first-order valence-corrected chi connectivity index (χ1v) is 4.31. The monoisotopic (exact) mass is 166 g/mol. The maximum atomic E-state index is 5.47. The van der Waals surface area contributed by atoms with E-state index in [4.69, 9.17) is 17.0 Å². The molecule has 1 heterocycles. The summed E-state index contributed by atoms with van der Waals surface area (Å²) < 4.78 is 5.47. The standard InChI is InChI=1S/C9H10OS/c11-9-5-6-10-8-4-2-1-3-7(8)9/h1-2,4,7H,3,5-6H2. The Labute approximate surface area is 71.7 Å². The van der Waals surface area contributed by atoms with E-state index in [0.29, 0.717) is 5.92 Å². The van der Waals surface area contributed by atoms with E-state index in [2.05, 4.69) is 6.08 Å². The van der Waals surface area contributed by atoms with Gasteiger partial charge in [0.25, 0.3) is 0 Å². The van der Waals surface area contributed by atoms with Crippen LogP contribution in [0.3, 0.4) is 0 Å². The molecule has 0 aromatic heterocycles. The molecule has 2 rings (SSSR count). The zero-order valence-electron chi connectivity index (χ0n) is 6.25. The summed E-state index contributed by atoms with van der Waals surface area (Å²) in [5, 5.41) is 0. The second-order valence-electron chi connectivity index (χ2n) is 2.85. The Hall–Kier alpha value is -0.630. The van der Waals surface area contributed by atoms with Crippen molar-refractivity contribution in [3.63, 3.8) is 0 Å². The molecule has 0 spiro atoms. The first kappa shape index (κ1) is 7.04. The minimum atomic E-state index is 0.406. The van der Waals surface area contributed by atoms with Gasteiger partial charge in [0, 0.05) is 11.3 Å². The van der Waals surface area contributed by atoms with Gasteiger partial charge >= 0.3 is 0 Å². The van der Waals surface area contributed by atoms with Gasteiger partial charge in [0.1, 0.15) is 5.76 Å². The number of hydrogen-bond acceptors (Lipinski definition) is 2. The molecule has 1 atom stereocenters. The number of thiocarbonyl (C=S) groups is 1. The summed E-state index contributed by atoms with van der Waals surface area (Å²) in [5.74, 6) is 1.48. The Kier molecular flexibility index (Phi) is 1.78. The minimum absolute atomic E-state index is 0.406. The topological polar surface area (TPSA) is 9.23 Å². The molecular weight excluding hydrogens is 156 g/mol. The second-order valence-corrected chi connectivity index (χ2v) is 3.37. The van der Waals surface area contributed by atoms with Crippen LogP contribution in [0.15, 0.2) is 24.0 Å². The Morgan fingerprint density at radius 2 is 2.45 bits per heavy atom. The highest BCUT2D eigenvalue weighted by Gasteiger charge is 2.24.